The Kier molecular flexibility index (Phi) is 2.39. The molecule has 1 aromatic heterocycles. The van der Waals surface area contributed by atoms with Crippen LogP contribution in [-0.4, -0.2) is 9.55 Å². The molecule has 1 rings (SSSR count). The van der Waals surface area contributed by atoms with Crippen molar-refractivity contribution in [2.75, 3.05) is 5.73 Å². The average molecular weight is 173 g/mol. The summed E-state index contributed by atoms with van der Waals surface area (Å²) in [6.07, 6.45) is 0.333. The predicted molar refractivity (Wildman–Crippen MR) is 39.8 cm³/mol. The number of nitrogen functional groups attached to an aromatic ring is 1. The van der Waals surface area contributed by atoms with Crippen LogP contribution in [0, 0.1) is 0 Å². The first-order valence-corrected chi connectivity index (χ1v) is 3.27. The lowest BCUT2D eigenvalue weighted by Crippen LogP contribution is -2.26. The summed E-state index contributed by atoms with van der Waals surface area (Å²) in [6.45, 7) is 1.37. The van der Waals surface area contributed by atoms with Gasteiger partial charge in [0.05, 0.1) is 0 Å². The molecule has 6 heteroatoms. The topological polar surface area (TPSA) is 70.1 Å². The summed E-state index contributed by atoms with van der Waals surface area (Å²) in [7, 11) is 0. The summed E-state index contributed by atoms with van der Waals surface area (Å²) in [5, 5.41) is 0. The molecule has 1 heterocycles. The van der Waals surface area contributed by atoms with E-state index in [2.05, 4.69) is 9.93 Å². The van der Waals surface area contributed by atoms with Crippen LogP contribution in [0.2, 0.25) is 0 Å². The fourth-order valence-electron chi connectivity index (χ4n) is 0.746. The minimum atomic E-state index is -0.981. The number of halogens is 1. The zero-order chi connectivity index (χ0) is 9.14. The Bertz CT molecular complexity index is 325. The number of nitrogens with zero attached hydrogens (tertiary/aromatic N) is 2. The van der Waals surface area contributed by atoms with Crippen LogP contribution in [-0.2, 0) is 4.94 Å². The fraction of sp³-hybridized carbons (Fsp3) is 0.333. The van der Waals surface area contributed by atoms with Gasteiger partial charge in [-0.15, -0.1) is 0 Å². The third kappa shape index (κ3) is 1.59. The second kappa shape index (κ2) is 3.31. The van der Waals surface area contributed by atoms with Gasteiger partial charge in [0, 0.05) is 6.20 Å². The number of aromatic nitrogens is 2. The lowest BCUT2D eigenvalue weighted by Gasteiger charge is -2.07. The largest absolute Gasteiger partial charge is 0.383 e. The first-order valence-electron chi connectivity index (χ1n) is 3.27. The highest BCUT2D eigenvalue weighted by Gasteiger charge is 2.06. The molecule has 5 nitrogen and oxygen atoms in total. The SMILES string of the molecule is CC(OF)n1ccc(N)nc1=O. The molecule has 0 fully saturated rings. The van der Waals surface area contributed by atoms with Crippen molar-refractivity contribution >= 4 is 5.82 Å². The molecule has 2 N–H and O–H groups in total. The van der Waals surface area contributed by atoms with Crippen LogP contribution in [0.3, 0.4) is 0 Å². The van der Waals surface area contributed by atoms with Crippen LogP contribution in [0.15, 0.2) is 17.1 Å². The Morgan fingerprint density at radius 1 is 1.83 bits per heavy atom. The smallest absolute Gasteiger partial charge is 0.351 e. The third-order valence-corrected chi connectivity index (χ3v) is 1.37. The fourth-order valence-corrected chi connectivity index (χ4v) is 0.746. The van der Waals surface area contributed by atoms with E-state index in [1.54, 1.807) is 0 Å². The molecule has 1 aromatic rings. The molecule has 0 spiro atoms. The van der Waals surface area contributed by atoms with Crippen molar-refractivity contribution in [1.82, 2.24) is 9.55 Å². The summed E-state index contributed by atoms with van der Waals surface area (Å²) >= 11 is 0. The number of anilines is 1. The average Bonchev–Trinajstić information content (AvgIpc) is 2.03. The number of hydrogen-bond acceptors (Lipinski definition) is 4. The van der Waals surface area contributed by atoms with Crippen LogP contribution >= 0.6 is 0 Å². The summed E-state index contributed by atoms with van der Waals surface area (Å²) in [5.74, 6) is 0.0994. The van der Waals surface area contributed by atoms with E-state index in [-0.39, 0.29) is 5.82 Å². The maximum Gasteiger partial charge on any atom is 0.351 e. The van der Waals surface area contributed by atoms with E-state index in [0.29, 0.717) is 0 Å². The maximum absolute atomic E-state index is 11.6. The molecule has 1 atom stereocenters. The van der Waals surface area contributed by atoms with Gasteiger partial charge in [0.1, 0.15) is 5.82 Å². The molecular formula is C6H8FN3O2. The Morgan fingerprint density at radius 3 is 3.00 bits per heavy atom. The lowest BCUT2D eigenvalue weighted by atomic mass is 10.5. The van der Waals surface area contributed by atoms with Gasteiger partial charge in [-0.3, -0.25) is 4.57 Å². The molecule has 0 aromatic carbocycles. The summed E-state index contributed by atoms with van der Waals surface area (Å²) in [4.78, 5) is 17.8. The molecule has 0 aliphatic heterocycles. The van der Waals surface area contributed by atoms with E-state index in [9.17, 15) is 9.32 Å². The molecule has 66 valence electrons. The highest BCUT2D eigenvalue weighted by molar-refractivity contribution is 5.23. The van der Waals surface area contributed by atoms with Crippen LogP contribution in [0.25, 0.3) is 0 Å². The Hall–Kier alpha value is -1.43. The van der Waals surface area contributed by atoms with Gasteiger partial charge in [-0.2, -0.15) is 9.93 Å². The molecule has 0 amide bonds. The van der Waals surface area contributed by atoms with E-state index in [4.69, 9.17) is 5.73 Å². The molecule has 0 saturated carbocycles. The van der Waals surface area contributed by atoms with Gasteiger partial charge >= 0.3 is 5.69 Å². The third-order valence-electron chi connectivity index (χ3n) is 1.37. The summed E-state index contributed by atoms with van der Waals surface area (Å²) in [6, 6.07) is 1.39. The van der Waals surface area contributed by atoms with Crippen molar-refractivity contribution in [3.05, 3.63) is 22.7 Å². The zero-order valence-corrected chi connectivity index (χ0v) is 6.40. The predicted octanol–water partition coefficient (Wildman–Crippen LogP) is 0.245. The normalized spacial score (nSPS) is 12.8. The monoisotopic (exact) mass is 173 g/mol. The van der Waals surface area contributed by atoms with Gasteiger partial charge in [-0.25, -0.2) is 4.79 Å². The standard InChI is InChI=1S/C6H8FN3O2/c1-4(12-7)10-3-2-5(8)9-6(10)11/h2-4H,1H3,(H2,8,9,11). The van der Waals surface area contributed by atoms with Crippen LogP contribution < -0.4 is 11.4 Å². The first-order chi connectivity index (χ1) is 5.65. The van der Waals surface area contributed by atoms with E-state index in [1.165, 1.54) is 19.2 Å². The highest BCUT2D eigenvalue weighted by Crippen LogP contribution is 2.03. The second-order valence-electron chi connectivity index (χ2n) is 2.23. The van der Waals surface area contributed by atoms with Crippen molar-refractivity contribution in [1.29, 1.82) is 0 Å². The molecule has 0 bridgehead atoms. The molecule has 0 radical (unpaired) electrons. The first kappa shape index (κ1) is 8.66. The van der Waals surface area contributed by atoms with Crippen molar-refractivity contribution in [2.24, 2.45) is 0 Å². The maximum atomic E-state index is 11.6. The van der Waals surface area contributed by atoms with Crippen LogP contribution in [0.4, 0.5) is 10.3 Å². The van der Waals surface area contributed by atoms with Gasteiger partial charge in [0.2, 0.25) is 0 Å². The zero-order valence-electron chi connectivity index (χ0n) is 6.40. The highest BCUT2D eigenvalue weighted by atomic mass is 19.3. The van der Waals surface area contributed by atoms with E-state index >= 15 is 0 Å². The van der Waals surface area contributed by atoms with Crippen LogP contribution in [0.5, 0.6) is 0 Å². The van der Waals surface area contributed by atoms with Gasteiger partial charge in [-0.05, 0) is 17.5 Å². The Balaban J connectivity index is 3.10. The van der Waals surface area contributed by atoms with Crippen molar-refractivity contribution in [3.8, 4) is 0 Å². The lowest BCUT2D eigenvalue weighted by molar-refractivity contribution is -0.202. The van der Waals surface area contributed by atoms with E-state index in [1.807, 2.05) is 0 Å². The Labute approximate surface area is 67.5 Å². The van der Waals surface area contributed by atoms with Gasteiger partial charge < -0.3 is 5.73 Å². The second-order valence-corrected chi connectivity index (χ2v) is 2.23. The van der Waals surface area contributed by atoms with Crippen LogP contribution in [0.1, 0.15) is 13.2 Å². The van der Waals surface area contributed by atoms with Gasteiger partial charge in [0.25, 0.3) is 0 Å². The molecule has 1 unspecified atom stereocenters. The van der Waals surface area contributed by atoms with Crippen molar-refractivity contribution in [3.63, 3.8) is 0 Å². The number of hydrogen-bond donors (Lipinski definition) is 1. The minimum Gasteiger partial charge on any atom is -0.383 e. The minimum absolute atomic E-state index is 0.0994. The Morgan fingerprint density at radius 2 is 2.50 bits per heavy atom. The summed E-state index contributed by atoms with van der Waals surface area (Å²) < 4.78 is 12.6. The molecular weight excluding hydrogens is 165 g/mol. The number of nitrogens with two attached hydrogens (primary N) is 1. The number of rotatable bonds is 2. The van der Waals surface area contributed by atoms with Crippen molar-refractivity contribution < 1.29 is 9.47 Å². The molecule has 12 heavy (non-hydrogen) atoms. The van der Waals surface area contributed by atoms with E-state index in [0.717, 1.165) is 4.57 Å². The quantitative estimate of drug-likeness (QED) is 0.695. The molecule has 0 saturated heterocycles. The molecule has 0 aliphatic carbocycles. The van der Waals surface area contributed by atoms with E-state index < -0.39 is 11.9 Å². The van der Waals surface area contributed by atoms with Gasteiger partial charge in [0.15, 0.2) is 6.23 Å². The summed E-state index contributed by atoms with van der Waals surface area (Å²) in [5.41, 5.74) is 4.57. The van der Waals surface area contributed by atoms with Crippen molar-refractivity contribution in [2.45, 2.75) is 13.2 Å². The molecule has 0 aliphatic rings. The van der Waals surface area contributed by atoms with Gasteiger partial charge in [-0.1, -0.05) is 0 Å².